The second kappa shape index (κ2) is 8.15. The van der Waals surface area contributed by atoms with Crippen LogP contribution < -0.4 is 5.32 Å². The Morgan fingerprint density at radius 3 is 2.38 bits per heavy atom. The standard InChI is InChI=1S/C17H27NO3/c1-5-14(11-12-19)18-16(20)15(21-17(2,3)4)13-9-7-6-8-10-13/h6-10,14-15,19H,5,11-12H2,1-4H3,(H,18,20). The van der Waals surface area contributed by atoms with Crippen LogP contribution in [-0.4, -0.2) is 29.3 Å². The highest BCUT2D eigenvalue weighted by Gasteiger charge is 2.28. The molecule has 0 bridgehead atoms. The van der Waals surface area contributed by atoms with Crippen molar-refractivity contribution in [2.24, 2.45) is 0 Å². The molecule has 0 aromatic heterocycles. The fraction of sp³-hybridized carbons (Fsp3) is 0.588. The summed E-state index contributed by atoms with van der Waals surface area (Å²) in [6.07, 6.45) is 0.696. The lowest BCUT2D eigenvalue weighted by molar-refractivity contribution is -0.144. The zero-order chi connectivity index (χ0) is 15.9. The predicted octanol–water partition coefficient (Wildman–Crippen LogP) is 2.82. The van der Waals surface area contributed by atoms with Crippen molar-refractivity contribution in [2.45, 2.75) is 58.3 Å². The number of nitrogens with one attached hydrogen (secondary N) is 1. The molecule has 4 nitrogen and oxygen atoms in total. The first-order chi connectivity index (χ1) is 9.87. The van der Waals surface area contributed by atoms with Crippen LogP contribution in [0.25, 0.3) is 0 Å². The van der Waals surface area contributed by atoms with Crippen LogP contribution in [0, 0.1) is 0 Å². The average Bonchev–Trinajstić information content (AvgIpc) is 2.44. The van der Waals surface area contributed by atoms with Crippen molar-refractivity contribution in [1.29, 1.82) is 0 Å². The second-order valence-electron chi connectivity index (χ2n) is 6.15. The molecule has 2 unspecified atom stereocenters. The summed E-state index contributed by atoms with van der Waals surface area (Å²) in [6, 6.07) is 9.46. The van der Waals surface area contributed by atoms with Crippen molar-refractivity contribution in [3.05, 3.63) is 35.9 Å². The summed E-state index contributed by atoms with van der Waals surface area (Å²) >= 11 is 0. The lowest BCUT2D eigenvalue weighted by atomic mass is 10.1. The Hall–Kier alpha value is -1.39. The van der Waals surface area contributed by atoms with Crippen LogP contribution in [0.1, 0.15) is 52.2 Å². The number of rotatable bonds is 7. The monoisotopic (exact) mass is 293 g/mol. The minimum Gasteiger partial charge on any atom is -0.396 e. The molecule has 1 rings (SSSR count). The maximum Gasteiger partial charge on any atom is 0.254 e. The van der Waals surface area contributed by atoms with Crippen LogP contribution in [0.15, 0.2) is 30.3 Å². The Morgan fingerprint density at radius 1 is 1.29 bits per heavy atom. The number of amides is 1. The van der Waals surface area contributed by atoms with Crippen molar-refractivity contribution in [1.82, 2.24) is 5.32 Å². The van der Waals surface area contributed by atoms with Gasteiger partial charge in [-0.05, 0) is 39.2 Å². The number of carbonyl (C=O) groups excluding carboxylic acids is 1. The van der Waals surface area contributed by atoms with E-state index in [0.29, 0.717) is 6.42 Å². The Balaban J connectivity index is 2.88. The molecule has 0 spiro atoms. The van der Waals surface area contributed by atoms with Gasteiger partial charge in [0.05, 0.1) is 5.60 Å². The number of carbonyl (C=O) groups is 1. The Kier molecular flexibility index (Phi) is 6.85. The molecule has 4 heteroatoms. The normalized spacial score (nSPS) is 14.5. The van der Waals surface area contributed by atoms with Gasteiger partial charge in [-0.3, -0.25) is 4.79 Å². The van der Waals surface area contributed by atoms with Gasteiger partial charge >= 0.3 is 0 Å². The van der Waals surface area contributed by atoms with Crippen molar-refractivity contribution < 1.29 is 14.6 Å². The minimum atomic E-state index is -0.640. The number of ether oxygens (including phenoxy) is 1. The highest BCUT2D eigenvalue weighted by Crippen LogP contribution is 2.24. The van der Waals surface area contributed by atoms with Gasteiger partial charge in [0.1, 0.15) is 0 Å². The Labute approximate surface area is 127 Å². The van der Waals surface area contributed by atoms with Crippen LogP contribution in [0.3, 0.4) is 0 Å². The SMILES string of the molecule is CCC(CCO)NC(=O)C(OC(C)(C)C)c1ccccc1. The summed E-state index contributed by atoms with van der Waals surface area (Å²) in [5, 5.41) is 12.0. The van der Waals surface area contributed by atoms with Crippen molar-refractivity contribution in [2.75, 3.05) is 6.61 Å². The molecule has 0 heterocycles. The molecular formula is C17H27NO3. The molecular weight excluding hydrogens is 266 g/mol. The molecule has 1 amide bonds. The van der Waals surface area contributed by atoms with Gasteiger partial charge in [-0.1, -0.05) is 37.3 Å². The van der Waals surface area contributed by atoms with Crippen molar-refractivity contribution >= 4 is 5.91 Å². The van der Waals surface area contributed by atoms with E-state index < -0.39 is 11.7 Å². The summed E-state index contributed by atoms with van der Waals surface area (Å²) in [4.78, 5) is 12.5. The lowest BCUT2D eigenvalue weighted by Crippen LogP contribution is -2.41. The number of aliphatic hydroxyl groups is 1. The number of hydrogen-bond donors (Lipinski definition) is 2. The Bertz CT molecular complexity index is 425. The third-order valence-electron chi connectivity index (χ3n) is 3.13. The van der Waals surface area contributed by atoms with Gasteiger partial charge in [-0.2, -0.15) is 0 Å². The lowest BCUT2D eigenvalue weighted by Gasteiger charge is -2.28. The largest absolute Gasteiger partial charge is 0.396 e. The quantitative estimate of drug-likeness (QED) is 0.812. The van der Waals surface area contributed by atoms with Gasteiger partial charge in [-0.15, -0.1) is 0 Å². The highest BCUT2D eigenvalue weighted by atomic mass is 16.5. The van der Waals surface area contributed by atoms with E-state index in [9.17, 15) is 4.79 Å². The molecule has 118 valence electrons. The zero-order valence-electron chi connectivity index (χ0n) is 13.4. The third kappa shape index (κ3) is 6.27. The zero-order valence-corrected chi connectivity index (χ0v) is 13.4. The van der Waals surface area contributed by atoms with Crippen LogP contribution >= 0.6 is 0 Å². The molecule has 1 aromatic rings. The van der Waals surface area contributed by atoms with Gasteiger partial charge in [0.15, 0.2) is 6.10 Å². The summed E-state index contributed by atoms with van der Waals surface area (Å²) in [5.41, 5.74) is 0.417. The summed E-state index contributed by atoms with van der Waals surface area (Å²) < 4.78 is 5.93. The van der Waals surface area contributed by atoms with Crippen LogP contribution in [0.2, 0.25) is 0 Å². The van der Waals surface area contributed by atoms with E-state index in [-0.39, 0.29) is 18.6 Å². The number of benzene rings is 1. The van der Waals surface area contributed by atoms with E-state index in [1.54, 1.807) is 0 Å². The first-order valence-corrected chi connectivity index (χ1v) is 7.51. The van der Waals surface area contributed by atoms with Crippen molar-refractivity contribution in [3.63, 3.8) is 0 Å². The molecule has 1 aromatic carbocycles. The first kappa shape index (κ1) is 17.7. The van der Waals surface area contributed by atoms with E-state index in [1.807, 2.05) is 58.0 Å². The van der Waals surface area contributed by atoms with Gasteiger partial charge < -0.3 is 15.2 Å². The fourth-order valence-electron chi connectivity index (χ4n) is 2.07. The fourth-order valence-corrected chi connectivity index (χ4v) is 2.07. The smallest absolute Gasteiger partial charge is 0.254 e. The number of aliphatic hydroxyl groups excluding tert-OH is 1. The molecule has 2 N–H and O–H groups in total. The molecule has 0 fully saturated rings. The van der Waals surface area contributed by atoms with E-state index >= 15 is 0 Å². The molecule has 2 atom stereocenters. The van der Waals surface area contributed by atoms with Gasteiger partial charge in [-0.25, -0.2) is 0 Å². The van der Waals surface area contributed by atoms with Gasteiger partial charge in [0, 0.05) is 12.6 Å². The van der Waals surface area contributed by atoms with E-state index in [4.69, 9.17) is 9.84 Å². The predicted molar refractivity (Wildman–Crippen MR) is 83.9 cm³/mol. The summed E-state index contributed by atoms with van der Waals surface area (Å²) in [7, 11) is 0. The maximum atomic E-state index is 12.5. The highest BCUT2D eigenvalue weighted by molar-refractivity contribution is 5.82. The number of hydrogen-bond acceptors (Lipinski definition) is 3. The molecule has 0 saturated heterocycles. The molecule has 21 heavy (non-hydrogen) atoms. The van der Waals surface area contributed by atoms with E-state index in [0.717, 1.165) is 12.0 Å². The molecule has 0 radical (unpaired) electrons. The average molecular weight is 293 g/mol. The maximum absolute atomic E-state index is 12.5. The van der Waals surface area contributed by atoms with Gasteiger partial charge in [0.2, 0.25) is 0 Å². The molecule has 0 aliphatic heterocycles. The van der Waals surface area contributed by atoms with Gasteiger partial charge in [0.25, 0.3) is 5.91 Å². The van der Waals surface area contributed by atoms with Crippen molar-refractivity contribution in [3.8, 4) is 0 Å². The van der Waals surface area contributed by atoms with Crippen LogP contribution in [0.5, 0.6) is 0 Å². The summed E-state index contributed by atoms with van der Waals surface area (Å²) in [6.45, 7) is 7.85. The van der Waals surface area contributed by atoms with E-state index in [2.05, 4.69) is 5.32 Å². The topological polar surface area (TPSA) is 58.6 Å². The first-order valence-electron chi connectivity index (χ1n) is 7.51. The summed E-state index contributed by atoms with van der Waals surface area (Å²) in [5.74, 6) is -0.156. The Morgan fingerprint density at radius 2 is 1.90 bits per heavy atom. The minimum absolute atomic E-state index is 0.0303. The molecule has 0 aliphatic rings. The third-order valence-corrected chi connectivity index (χ3v) is 3.13. The second-order valence-corrected chi connectivity index (χ2v) is 6.15. The van der Waals surface area contributed by atoms with Crippen LogP contribution in [0.4, 0.5) is 0 Å². The molecule has 0 aliphatic carbocycles. The van der Waals surface area contributed by atoms with E-state index in [1.165, 1.54) is 0 Å². The molecule has 0 saturated carbocycles. The van der Waals surface area contributed by atoms with Crippen LogP contribution in [-0.2, 0) is 9.53 Å².